The Bertz CT molecular complexity index is 3230. The molecule has 11 rings (SSSR count). The minimum atomic E-state index is 0.899. The highest BCUT2D eigenvalue weighted by molar-refractivity contribution is 6.19. The van der Waals surface area contributed by atoms with Gasteiger partial charge in [-0.15, -0.1) is 0 Å². The molecule has 0 aliphatic carbocycles. The van der Waals surface area contributed by atoms with Crippen LogP contribution < -0.4 is 4.90 Å². The predicted octanol–water partition coefficient (Wildman–Crippen LogP) is 15.5. The van der Waals surface area contributed by atoms with Crippen LogP contribution in [0.25, 0.3) is 87.6 Å². The zero-order valence-electron chi connectivity index (χ0n) is 30.6. The van der Waals surface area contributed by atoms with Crippen molar-refractivity contribution in [1.82, 2.24) is 0 Å². The van der Waals surface area contributed by atoms with Gasteiger partial charge in [0, 0.05) is 27.8 Å². The number of para-hydroxylation sites is 1. The zero-order valence-corrected chi connectivity index (χ0v) is 30.6. The van der Waals surface area contributed by atoms with Gasteiger partial charge in [0.05, 0.1) is 0 Å². The van der Waals surface area contributed by atoms with Gasteiger partial charge in [0.1, 0.15) is 11.2 Å². The molecule has 0 fully saturated rings. The monoisotopic (exact) mass is 713 g/mol. The molecular weight excluding hydrogens is 679 g/mol. The molecule has 0 saturated heterocycles. The smallest absolute Gasteiger partial charge is 0.136 e. The van der Waals surface area contributed by atoms with Gasteiger partial charge in [-0.05, 0) is 120 Å². The van der Waals surface area contributed by atoms with Crippen LogP contribution in [0.1, 0.15) is 0 Å². The maximum Gasteiger partial charge on any atom is 0.136 e. The molecule has 10 aromatic carbocycles. The van der Waals surface area contributed by atoms with Crippen LogP contribution in [0.5, 0.6) is 0 Å². The molecule has 0 aliphatic heterocycles. The van der Waals surface area contributed by atoms with Gasteiger partial charge >= 0.3 is 0 Å². The molecule has 0 amide bonds. The van der Waals surface area contributed by atoms with Crippen molar-refractivity contribution in [3.05, 3.63) is 212 Å². The van der Waals surface area contributed by atoms with E-state index in [1.807, 2.05) is 6.07 Å². The summed E-state index contributed by atoms with van der Waals surface area (Å²) in [5, 5.41) is 9.61. The summed E-state index contributed by atoms with van der Waals surface area (Å²) in [5.41, 5.74) is 12.3. The zero-order chi connectivity index (χ0) is 37.0. The number of fused-ring (bicyclic) bond motifs is 7. The third-order valence-corrected chi connectivity index (χ3v) is 11.2. The number of rotatable bonds is 6. The first-order chi connectivity index (χ1) is 27.7. The maximum atomic E-state index is 6.32. The van der Waals surface area contributed by atoms with Gasteiger partial charge in [-0.25, -0.2) is 0 Å². The standard InChI is InChI=1S/C54H35NO/c1-2-11-38(12-3-1)47-17-8-14-41-15-9-18-48(53(41)47)39-24-30-45(31-25-39)55(44-28-22-37(23-29-44)43-21-20-36-10-4-5-13-42(36)34-43)46-32-26-40-27-33-52-54(50(40)35-46)49-16-6-7-19-51(49)56-52/h1-35H. The van der Waals surface area contributed by atoms with Gasteiger partial charge < -0.3 is 9.32 Å². The molecule has 2 nitrogen and oxygen atoms in total. The van der Waals surface area contributed by atoms with Crippen LogP contribution in [-0.4, -0.2) is 0 Å². The van der Waals surface area contributed by atoms with Crippen LogP contribution in [0.2, 0.25) is 0 Å². The summed E-state index contributed by atoms with van der Waals surface area (Å²) in [6, 6.07) is 76.6. The van der Waals surface area contributed by atoms with E-state index in [-0.39, 0.29) is 0 Å². The molecule has 0 aliphatic rings. The predicted molar refractivity (Wildman–Crippen MR) is 237 cm³/mol. The van der Waals surface area contributed by atoms with Crippen LogP contribution in [-0.2, 0) is 0 Å². The van der Waals surface area contributed by atoms with Crippen LogP contribution in [0.15, 0.2) is 217 Å². The minimum Gasteiger partial charge on any atom is -0.456 e. The molecule has 0 atom stereocenters. The van der Waals surface area contributed by atoms with E-state index in [0.29, 0.717) is 0 Å². The fraction of sp³-hybridized carbons (Fsp3) is 0. The second-order valence-electron chi connectivity index (χ2n) is 14.5. The Labute approximate surface area is 325 Å². The Balaban J connectivity index is 1.06. The van der Waals surface area contributed by atoms with E-state index in [4.69, 9.17) is 4.42 Å². The van der Waals surface area contributed by atoms with E-state index >= 15 is 0 Å². The van der Waals surface area contributed by atoms with E-state index < -0.39 is 0 Å². The molecule has 1 aromatic heterocycles. The fourth-order valence-electron chi connectivity index (χ4n) is 8.52. The van der Waals surface area contributed by atoms with Gasteiger partial charge in [0.2, 0.25) is 0 Å². The van der Waals surface area contributed by atoms with Crippen molar-refractivity contribution in [3.63, 3.8) is 0 Å². The van der Waals surface area contributed by atoms with E-state index in [0.717, 1.165) is 39.0 Å². The fourth-order valence-corrected chi connectivity index (χ4v) is 8.52. The lowest BCUT2D eigenvalue weighted by atomic mass is 9.91. The molecule has 0 saturated carbocycles. The lowest BCUT2D eigenvalue weighted by molar-refractivity contribution is 0.669. The molecule has 0 unspecified atom stereocenters. The van der Waals surface area contributed by atoms with Crippen molar-refractivity contribution < 1.29 is 4.42 Å². The van der Waals surface area contributed by atoms with E-state index in [1.54, 1.807) is 0 Å². The molecular formula is C54H35NO. The highest BCUT2D eigenvalue weighted by Gasteiger charge is 2.18. The molecule has 0 N–H and O–H groups in total. The van der Waals surface area contributed by atoms with Gasteiger partial charge in [-0.2, -0.15) is 0 Å². The highest BCUT2D eigenvalue weighted by atomic mass is 16.3. The van der Waals surface area contributed by atoms with Crippen LogP contribution >= 0.6 is 0 Å². The van der Waals surface area contributed by atoms with Crippen LogP contribution in [0.4, 0.5) is 17.1 Å². The molecule has 11 aromatic rings. The van der Waals surface area contributed by atoms with E-state index in [2.05, 4.69) is 211 Å². The first-order valence-electron chi connectivity index (χ1n) is 19.2. The van der Waals surface area contributed by atoms with Crippen molar-refractivity contribution in [1.29, 1.82) is 0 Å². The van der Waals surface area contributed by atoms with Crippen molar-refractivity contribution in [3.8, 4) is 33.4 Å². The average molecular weight is 714 g/mol. The summed E-state index contributed by atoms with van der Waals surface area (Å²) in [6.07, 6.45) is 0. The molecule has 0 bridgehead atoms. The molecule has 2 heteroatoms. The highest BCUT2D eigenvalue weighted by Crippen LogP contribution is 2.42. The number of benzene rings is 10. The first kappa shape index (κ1) is 32.0. The Hall–Kier alpha value is -7.42. The van der Waals surface area contributed by atoms with Gasteiger partial charge in [0.25, 0.3) is 0 Å². The van der Waals surface area contributed by atoms with E-state index in [1.165, 1.54) is 65.7 Å². The lowest BCUT2D eigenvalue weighted by Gasteiger charge is -2.26. The van der Waals surface area contributed by atoms with Gasteiger partial charge in [-0.1, -0.05) is 158 Å². The van der Waals surface area contributed by atoms with Crippen molar-refractivity contribution in [2.75, 3.05) is 4.90 Å². The number of furan rings is 1. The minimum absolute atomic E-state index is 0.899. The van der Waals surface area contributed by atoms with Gasteiger partial charge in [-0.3, -0.25) is 0 Å². The Morgan fingerprint density at radius 3 is 1.62 bits per heavy atom. The second-order valence-corrected chi connectivity index (χ2v) is 14.5. The maximum absolute atomic E-state index is 6.32. The number of nitrogens with zero attached hydrogens (tertiary/aromatic N) is 1. The Morgan fingerprint density at radius 1 is 0.286 bits per heavy atom. The quantitative estimate of drug-likeness (QED) is 0.171. The lowest BCUT2D eigenvalue weighted by Crippen LogP contribution is -2.09. The van der Waals surface area contributed by atoms with Crippen molar-refractivity contribution in [2.45, 2.75) is 0 Å². The third kappa shape index (κ3) is 5.42. The van der Waals surface area contributed by atoms with Crippen molar-refractivity contribution >= 4 is 71.3 Å². The number of anilines is 3. The largest absolute Gasteiger partial charge is 0.456 e. The summed E-state index contributed by atoms with van der Waals surface area (Å²) in [6.45, 7) is 0. The van der Waals surface area contributed by atoms with E-state index in [9.17, 15) is 0 Å². The number of hydrogen-bond donors (Lipinski definition) is 0. The molecule has 0 spiro atoms. The normalized spacial score (nSPS) is 11.6. The second kappa shape index (κ2) is 13.2. The summed E-state index contributed by atoms with van der Waals surface area (Å²) >= 11 is 0. The summed E-state index contributed by atoms with van der Waals surface area (Å²) < 4.78 is 6.32. The average Bonchev–Trinajstić information content (AvgIpc) is 3.66. The summed E-state index contributed by atoms with van der Waals surface area (Å²) in [5.74, 6) is 0. The SMILES string of the molecule is c1ccc(-c2cccc3cccc(-c4ccc(N(c5ccc(-c6ccc7ccccc7c6)cc5)c5ccc6ccc7oc8ccccc8c7c6c5)cc4)c23)cc1. The first-order valence-corrected chi connectivity index (χ1v) is 19.2. The molecule has 56 heavy (non-hydrogen) atoms. The molecule has 1 heterocycles. The topological polar surface area (TPSA) is 16.4 Å². The van der Waals surface area contributed by atoms with Crippen LogP contribution in [0.3, 0.4) is 0 Å². The Kier molecular flexibility index (Phi) is 7.53. The third-order valence-electron chi connectivity index (χ3n) is 11.2. The van der Waals surface area contributed by atoms with Crippen LogP contribution in [0, 0.1) is 0 Å². The molecule has 0 radical (unpaired) electrons. The van der Waals surface area contributed by atoms with Gasteiger partial charge in [0.15, 0.2) is 0 Å². The summed E-state index contributed by atoms with van der Waals surface area (Å²) in [4.78, 5) is 2.37. The Morgan fingerprint density at radius 2 is 0.857 bits per heavy atom. The number of hydrogen-bond acceptors (Lipinski definition) is 2. The molecule has 262 valence electrons. The summed E-state index contributed by atoms with van der Waals surface area (Å²) in [7, 11) is 0. The van der Waals surface area contributed by atoms with Crippen molar-refractivity contribution in [2.24, 2.45) is 0 Å².